The number of carbonyl (C=O) groups is 3. The van der Waals surface area contributed by atoms with E-state index in [0.29, 0.717) is 17.4 Å². The maximum absolute atomic E-state index is 11.3. The molecule has 2 aromatic rings. The van der Waals surface area contributed by atoms with Gasteiger partial charge in [-0.05, 0) is 62.4 Å². The number of carbonyl (C=O) groups excluding carboxylic acids is 3. The minimum absolute atomic E-state index is 0.0231. The van der Waals surface area contributed by atoms with E-state index in [4.69, 9.17) is 0 Å². The summed E-state index contributed by atoms with van der Waals surface area (Å²) >= 11 is 0. The molecule has 1 N–H and O–H groups in total. The molecule has 188 valence electrons. The van der Waals surface area contributed by atoms with Gasteiger partial charge in [-0.15, -0.1) is 13.2 Å². The molecule has 0 aromatic heterocycles. The molecule has 0 saturated heterocycles. The van der Waals surface area contributed by atoms with E-state index in [1.165, 1.54) is 19.4 Å². The molecule has 2 rings (SSSR count). The van der Waals surface area contributed by atoms with Crippen molar-refractivity contribution in [1.82, 2.24) is 5.32 Å². The van der Waals surface area contributed by atoms with Gasteiger partial charge in [0.1, 0.15) is 11.6 Å². The van der Waals surface area contributed by atoms with Crippen LogP contribution in [0.4, 0.5) is 0 Å². The number of Topliss-reactive ketones (excluding diaryl/α,β-unsaturated/α-hetero) is 3. The van der Waals surface area contributed by atoms with Crippen molar-refractivity contribution >= 4 is 17.3 Å². The molecular formula is C31H41NO3. The van der Waals surface area contributed by atoms with Crippen LogP contribution in [0.25, 0.3) is 0 Å². The van der Waals surface area contributed by atoms with Crippen LogP contribution in [0.15, 0.2) is 61.7 Å². The van der Waals surface area contributed by atoms with Gasteiger partial charge < -0.3 is 5.32 Å². The Bertz CT molecular complexity index is 986. The lowest BCUT2D eigenvalue weighted by Gasteiger charge is -2.18. The molecule has 0 heterocycles. The molecule has 0 amide bonds. The maximum atomic E-state index is 11.3. The number of benzene rings is 2. The van der Waals surface area contributed by atoms with Gasteiger partial charge in [-0.2, -0.15) is 0 Å². The lowest BCUT2D eigenvalue weighted by Crippen LogP contribution is -2.26. The second-order valence-corrected chi connectivity index (χ2v) is 9.43. The van der Waals surface area contributed by atoms with Crippen LogP contribution in [0.5, 0.6) is 0 Å². The molecule has 0 saturated carbocycles. The number of hydrogen-bond donors (Lipinski definition) is 1. The first-order valence-electron chi connectivity index (χ1n) is 11.9. The Morgan fingerprint density at radius 1 is 0.829 bits per heavy atom. The standard InChI is InChI=1S/C22H25NO.C7H12O2.C2H4/c1-17(24)21-13-11-19(12-14-21)6-5-18-7-9-20(10-8-18)15-23-16-22(2,3)4;1-4-7(5(2)8)6(3)9;1-2/h7-14,23H,15-16H2,1-4H3;7H,4H2,1-3H3;1-2H2. The summed E-state index contributed by atoms with van der Waals surface area (Å²) in [7, 11) is 0. The topological polar surface area (TPSA) is 63.2 Å². The van der Waals surface area contributed by atoms with Gasteiger partial charge in [0.05, 0.1) is 5.92 Å². The minimum Gasteiger partial charge on any atom is -0.312 e. The molecule has 0 aliphatic carbocycles. The first-order chi connectivity index (χ1) is 16.4. The molecule has 0 fully saturated rings. The van der Waals surface area contributed by atoms with Crippen molar-refractivity contribution in [1.29, 1.82) is 0 Å². The fourth-order valence-corrected chi connectivity index (χ4v) is 3.08. The molecule has 2 aromatic carbocycles. The van der Waals surface area contributed by atoms with Crippen molar-refractivity contribution in [3.8, 4) is 11.8 Å². The van der Waals surface area contributed by atoms with E-state index >= 15 is 0 Å². The molecule has 4 nitrogen and oxygen atoms in total. The third kappa shape index (κ3) is 13.9. The summed E-state index contributed by atoms with van der Waals surface area (Å²) in [4.78, 5) is 32.4. The van der Waals surface area contributed by atoms with Gasteiger partial charge in [0, 0.05) is 29.8 Å². The van der Waals surface area contributed by atoms with Gasteiger partial charge >= 0.3 is 0 Å². The molecule has 0 atom stereocenters. The average molecular weight is 476 g/mol. The van der Waals surface area contributed by atoms with E-state index in [9.17, 15) is 14.4 Å². The Morgan fingerprint density at radius 2 is 1.26 bits per heavy atom. The van der Waals surface area contributed by atoms with Gasteiger partial charge in [0.15, 0.2) is 5.78 Å². The van der Waals surface area contributed by atoms with E-state index in [1.54, 1.807) is 6.92 Å². The quantitative estimate of drug-likeness (QED) is 0.217. The molecule has 4 heteroatoms. The van der Waals surface area contributed by atoms with Gasteiger partial charge in [-0.1, -0.05) is 63.8 Å². The average Bonchev–Trinajstić information content (AvgIpc) is 2.79. The summed E-state index contributed by atoms with van der Waals surface area (Å²) in [6, 6.07) is 15.7. The Kier molecular flexibility index (Phi) is 14.8. The van der Waals surface area contributed by atoms with Gasteiger partial charge in [0.2, 0.25) is 0 Å². The highest BCUT2D eigenvalue weighted by atomic mass is 16.1. The predicted molar refractivity (Wildman–Crippen MR) is 146 cm³/mol. The fourth-order valence-electron chi connectivity index (χ4n) is 3.08. The van der Waals surface area contributed by atoms with Crippen molar-refractivity contribution < 1.29 is 14.4 Å². The highest BCUT2D eigenvalue weighted by Crippen LogP contribution is 2.11. The van der Waals surface area contributed by atoms with Crippen LogP contribution in [0, 0.1) is 23.2 Å². The zero-order valence-corrected chi connectivity index (χ0v) is 22.5. The molecule has 0 unspecified atom stereocenters. The van der Waals surface area contributed by atoms with Crippen LogP contribution >= 0.6 is 0 Å². The molecule has 0 aliphatic heterocycles. The summed E-state index contributed by atoms with van der Waals surface area (Å²) in [6.07, 6.45) is 0.630. The lowest BCUT2D eigenvalue weighted by molar-refractivity contribution is -0.130. The molecule has 0 bridgehead atoms. The Morgan fingerprint density at radius 3 is 1.57 bits per heavy atom. The molecular weight excluding hydrogens is 434 g/mol. The van der Waals surface area contributed by atoms with Gasteiger partial charge in [0.25, 0.3) is 0 Å². The first-order valence-corrected chi connectivity index (χ1v) is 11.9. The second-order valence-electron chi connectivity index (χ2n) is 9.43. The highest BCUT2D eigenvalue weighted by molar-refractivity contribution is 6.00. The lowest BCUT2D eigenvalue weighted by atomic mass is 9.97. The van der Waals surface area contributed by atoms with E-state index in [0.717, 1.165) is 24.2 Å². The van der Waals surface area contributed by atoms with Crippen LogP contribution in [0.3, 0.4) is 0 Å². The Labute approximate surface area is 212 Å². The van der Waals surface area contributed by atoms with Crippen molar-refractivity contribution in [2.45, 2.75) is 61.4 Å². The number of nitrogens with one attached hydrogen (secondary N) is 1. The van der Waals surface area contributed by atoms with Crippen molar-refractivity contribution in [2.75, 3.05) is 6.54 Å². The number of ketones is 3. The van der Waals surface area contributed by atoms with E-state index in [-0.39, 0.29) is 23.3 Å². The number of hydrogen-bond acceptors (Lipinski definition) is 4. The summed E-state index contributed by atoms with van der Waals surface area (Å²) in [5.41, 5.74) is 4.17. The van der Waals surface area contributed by atoms with E-state index < -0.39 is 0 Å². The predicted octanol–water partition coefficient (Wildman–Crippen LogP) is 6.42. The summed E-state index contributed by atoms with van der Waals surface area (Å²) in [6.45, 7) is 20.9. The molecule has 35 heavy (non-hydrogen) atoms. The summed E-state index contributed by atoms with van der Waals surface area (Å²) in [5, 5.41) is 3.47. The minimum atomic E-state index is -0.356. The third-order valence-corrected chi connectivity index (χ3v) is 4.97. The van der Waals surface area contributed by atoms with E-state index in [2.05, 4.69) is 63.2 Å². The Hall–Kier alpha value is -3.29. The van der Waals surface area contributed by atoms with Crippen LogP contribution < -0.4 is 5.32 Å². The second kappa shape index (κ2) is 16.4. The zero-order valence-electron chi connectivity index (χ0n) is 22.5. The number of rotatable bonds is 7. The Balaban J connectivity index is 0.000000888. The smallest absolute Gasteiger partial charge is 0.159 e. The van der Waals surface area contributed by atoms with Gasteiger partial charge in [-0.3, -0.25) is 14.4 Å². The van der Waals surface area contributed by atoms with Crippen molar-refractivity contribution in [3.63, 3.8) is 0 Å². The molecule has 0 aliphatic rings. The van der Waals surface area contributed by atoms with Crippen LogP contribution in [0.1, 0.15) is 81.9 Å². The first kappa shape index (κ1) is 31.7. The molecule has 0 radical (unpaired) electrons. The fraction of sp³-hybridized carbons (Fsp3) is 0.387. The highest BCUT2D eigenvalue weighted by Gasteiger charge is 2.15. The summed E-state index contributed by atoms with van der Waals surface area (Å²) in [5.74, 6) is 5.97. The molecule has 0 spiro atoms. The summed E-state index contributed by atoms with van der Waals surface area (Å²) < 4.78 is 0. The largest absolute Gasteiger partial charge is 0.312 e. The van der Waals surface area contributed by atoms with E-state index in [1.807, 2.05) is 43.3 Å². The van der Waals surface area contributed by atoms with Crippen molar-refractivity contribution in [2.24, 2.45) is 11.3 Å². The zero-order chi connectivity index (χ0) is 27.0. The van der Waals surface area contributed by atoms with Crippen molar-refractivity contribution in [3.05, 3.63) is 83.9 Å². The maximum Gasteiger partial charge on any atom is 0.159 e. The normalized spacial score (nSPS) is 10.1. The van der Waals surface area contributed by atoms with Gasteiger partial charge in [-0.25, -0.2) is 0 Å². The monoisotopic (exact) mass is 475 g/mol. The SMILES string of the molecule is C=C.CC(=O)c1ccc(C#Cc2ccc(CNCC(C)(C)C)cc2)cc1.CCC(C(C)=O)C(C)=O. The van der Waals surface area contributed by atoms with Crippen LogP contribution in [0.2, 0.25) is 0 Å². The third-order valence-electron chi connectivity index (χ3n) is 4.97. The van der Waals surface area contributed by atoms with Crippen LogP contribution in [-0.4, -0.2) is 23.9 Å². The van der Waals surface area contributed by atoms with Crippen LogP contribution in [-0.2, 0) is 16.1 Å².